The number of allylic oxidation sites excluding steroid dienone is 2. The lowest BCUT2D eigenvalue weighted by Crippen LogP contribution is -2.27. The van der Waals surface area contributed by atoms with Crippen molar-refractivity contribution in [2.24, 2.45) is 11.8 Å². The number of nitrogens with zero attached hydrogens (tertiary/aromatic N) is 3. The van der Waals surface area contributed by atoms with E-state index in [1.54, 1.807) is 12.3 Å². The first-order valence-electron chi connectivity index (χ1n) is 10.2. The summed E-state index contributed by atoms with van der Waals surface area (Å²) in [5, 5.41) is 3.22. The Kier molecular flexibility index (Phi) is 4.51. The normalized spacial score (nSPS) is 23.0. The van der Waals surface area contributed by atoms with Crippen LogP contribution in [-0.4, -0.2) is 33.9 Å². The van der Waals surface area contributed by atoms with Crippen molar-refractivity contribution in [3.8, 4) is 0 Å². The minimum Gasteiger partial charge on any atom is -0.344 e. The zero-order valence-electron chi connectivity index (χ0n) is 16.3. The molecule has 1 aliphatic carbocycles. The van der Waals surface area contributed by atoms with Crippen LogP contribution in [-0.2, 0) is 11.2 Å². The summed E-state index contributed by atoms with van der Waals surface area (Å²) in [6.07, 6.45) is 14.3. The number of nitrogens with one attached hydrogen (secondary N) is 1. The molecule has 1 fully saturated rings. The van der Waals surface area contributed by atoms with E-state index in [4.69, 9.17) is 0 Å². The second-order valence-electron chi connectivity index (χ2n) is 8.14. The van der Waals surface area contributed by atoms with Gasteiger partial charge in [0.15, 0.2) is 0 Å². The van der Waals surface area contributed by atoms with Gasteiger partial charge in [0, 0.05) is 43.5 Å². The predicted molar refractivity (Wildman–Crippen MR) is 115 cm³/mol. The summed E-state index contributed by atoms with van der Waals surface area (Å²) in [6, 6.07) is 6.24. The second-order valence-corrected chi connectivity index (χ2v) is 8.14. The average Bonchev–Trinajstić information content (AvgIpc) is 3.32. The summed E-state index contributed by atoms with van der Waals surface area (Å²) in [4.78, 5) is 23.2. The van der Waals surface area contributed by atoms with Crippen molar-refractivity contribution in [3.63, 3.8) is 0 Å². The highest BCUT2D eigenvalue weighted by Gasteiger charge is 2.37. The van der Waals surface area contributed by atoms with Crippen molar-refractivity contribution in [1.29, 1.82) is 0 Å². The van der Waals surface area contributed by atoms with Crippen molar-refractivity contribution in [3.05, 3.63) is 77.9 Å². The first-order valence-corrected chi connectivity index (χ1v) is 10.2. The fraction of sp³-hybridized carbons (Fsp3) is 0.292. The molecule has 29 heavy (non-hydrogen) atoms. The summed E-state index contributed by atoms with van der Waals surface area (Å²) >= 11 is 0. The quantitative estimate of drug-likeness (QED) is 0.815. The Labute approximate surface area is 170 Å². The number of fused-ring (bicyclic) bond motifs is 2. The fourth-order valence-corrected chi connectivity index (χ4v) is 4.58. The van der Waals surface area contributed by atoms with E-state index >= 15 is 0 Å². The van der Waals surface area contributed by atoms with Gasteiger partial charge in [-0.05, 0) is 77.6 Å². The summed E-state index contributed by atoms with van der Waals surface area (Å²) in [5.74, 6) is 1.96. The molecule has 2 aliphatic heterocycles. The van der Waals surface area contributed by atoms with E-state index in [1.807, 2.05) is 23.4 Å². The summed E-state index contributed by atoms with van der Waals surface area (Å²) in [7, 11) is 0. The third kappa shape index (κ3) is 3.60. The van der Waals surface area contributed by atoms with E-state index in [9.17, 15) is 4.79 Å². The van der Waals surface area contributed by atoms with Crippen LogP contribution in [0.2, 0.25) is 0 Å². The van der Waals surface area contributed by atoms with E-state index in [2.05, 4.69) is 46.1 Å². The number of anilines is 1. The molecule has 0 saturated carbocycles. The van der Waals surface area contributed by atoms with Gasteiger partial charge in [-0.3, -0.25) is 9.78 Å². The van der Waals surface area contributed by atoms with Gasteiger partial charge in [-0.2, -0.15) is 0 Å². The topological polar surface area (TPSA) is 58.1 Å². The Morgan fingerprint density at radius 1 is 1.24 bits per heavy atom. The molecule has 2 atom stereocenters. The van der Waals surface area contributed by atoms with Crippen LogP contribution in [0.15, 0.2) is 61.2 Å². The van der Waals surface area contributed by atoms with Gasteiger partial charge in [0.2, 0.25) is 5.91 Å². The van der Waals surface area contributed by atoms with Gasteiger partial charge in [-0.15, -0.1) is 0 Å². The lowest BCUT2D eigenvalue weighted by molar-refractivity contribution is -0.125. The highest BCUT2D eigenvalue weighted by Crippen LogP contribution is 2.40. The van der Waals surface area contributed by atoms with Crippen molar-refractivity contribution in [2.45, 2.75) is 19.3 Å². The minimum absolute atomic E-state index is 0.0856. The molecule has 1 amide bonds. The molecule has 0 radical (unpaired) electrons. The lowest BCUT2D eigenvalue weighted by atomic mass is 9.99. The molecule has 2 aromatic rings. The van der Waals surface area contributed by atoms with Gasteiger partial charge >= 0.3 is 0 Å². The molecular formula is C24H24N4O. The summed E-state index contributed by atoms with van der Waals surface area (Å²) in [6.45, 7) is 5.59. The van der Waals surface area contributed by atoms with Crippen LogP contribution in [0.1, 0.15) is 29.5 Å². The standard InChI is InChI=1S/C24H24N4O/c1-16-2-4-19-10-17(13-26-24(19)27-16)3-5-23(29)28-14-21-11-20(12-22(21)15-28)18-6-8-25-9-7-18/h3,5-11,13,21-22H,1-2,4,12,14-15H2,(H,26,27)/b5-3+/t21-,22+/m0/s1. The molecule has 2 aromatic heterocycles. The number of hydrogen-bond acceptors (Lipinski definition) is 4. The number of likely N-dealkylation sites (tertiary alicyclic amines) is 1. The number of carbonyl (C=O) groups excluding carboxylic acids is 1. The largest absolute Gasteiger partial charge is 0.344 e. The van der Waals surface area contributed by atoms with Crippen molar-refractivity contribution < 1.29 is 4.79 Å². The molecule has 5 heteroatoms. The van der Waals surface area contributed by atoms with Crippen LogP contribution < -0.4 is 5.32 Å². The Bertz CT molecular complexity index is 1020. The lowest BCUT2D eigenvalue weighted by Gasteiger charge is -2.19. The van der Waals surface area contributed by atoms with Gasteiger partial charge in [0.05, 0.1) is 0 Å². The number of aryl methyl sites for hydroxylation is 1. The highest BCUT2D eigenvalue weighted by molar-refractivity contribution is 5.92. The van der Waals surface area contributed by atoms with Gasteiger partial charge in [-0.25, -0.2) is 4.98 Å². The van der Waals surface area contributed by atoms with Gasteiger partial charge < -0.3 is 10.2 Å². The van der Waals surface area contributed by atoms with Crippen LogP contribution >= 0.6 is 0 Å². The van der Waals surface area contributed by atoms with E-state index in [0.717, 1.165) is 49.4 Å². The molecule has 5 nitrogen and oxygen atoms in total. The van der Waals surface area contributed by atoms with Gasteiger partial charge in [0.1, 0.15) is 5.82 Å². The van der Waals surface area contributed by atoms with Crippen LogP contribution in [0.5, 0.6) is 0 Å². The molecule has 3 aliphatic rings. The fourth-order valence-electron chi connectivity index (χ4n) is 4.58. The first kappa shape index (κ1) is 17.9. The van der Waals surface area contributed by atoms with Crippen LogP contribution in [0.3, 0.4) is 0 Å². The zero-order valence-corrected chi connectivity index (χ0v) is 16.3. The summed E-state index contributed by atoms with van der Waals surface area (Å²) < 4.78 is 0. The molecule has 0 aromatic carbocycles. The number of aromatic nitrogens is 2. The number of pyridine rings is 2. The van der Waals surface area contributed by atoms with Crippen LogP contribution in [0, 0.1) is 11.8 Å². The number of carbonyl (C=O) groups is 1. The maximum absolute atomic E-state index is 12.7. The van der Waals surface area contributed by atoms with Crippen LogP contribution in [0.25, 0.3) is 11.6 Å². The molecule has 0 unspecified atom stereocenters. The predicted octanol–water partition coefficient (Wildman–Crippen LogP) is 3.92. The Morgan fingerprint density at radius 2 is 2.10 bits per heavy atom. The van der Waals surface area contributed by atoms with Crippen molar-refractivity contribution in [1.82, 2.24) is 14.9 Å². The molecule has 1 N–H and O–H groups in total. The molecule has 4 heterocycles. The van der Waals surface area contributed by atoms with Gasteiger partial charge in [-0.1, -0.05) is 12.7 Å². The Hall–Kier alpha value is -3.21. The maximum Gasteiger partial charge on any atom is 0.246 e. The number of amides is 1. The Morgan fingerprint density at radius 3 is 2.93 bits per heavy atom. The third-order valence-electron chi connectivity index (χ3n) is 6.15. The first-order chi connectivity index (χ1) is 14.2. The molecule has 146 valence electrons. The zero-order chi connectivity index (χ0) is 19.8. The smallest absolute Gasteiger partial charge is 0.246 e. The number of rotatable bonds is 3. The molecule has 5 rings (SSSR count). The van der Waals surface area contributed by atoms with E-state index in [-0.39, 0.29) is 5.91 Å². The van der Waals surface area contributed by atoms with Crippen LogP contribution in [0.4, 0.5) is 5.82 Å². The SMILES string of the molecule is C=C1CCc2cc(/C=C/C(=O)N3C[C@H]4CC(c5ccncc5)=C[C@H]4C3)cnc2N1. The summed E-state index contributed by atoms with van der Waals surface area (Å²) in [5.41, 5.74) is 5.79. The van der Waals surface area contributed by atoms with E-state index in [1.165, 1.54) is 16.7 Å². The number of hydrogen-bond donors (Lipinski definition) is 1. The van der Waals surface area contributed by atoms with Gasteiger partial charge in [0.25, 0.3) is 0 Å². The highest BCUT2D eigenvalue weighted by atomic mass is 16.2. The molecular weight excluding hydrogens is 360 g/mol. The van der Waals surface area contributed by atoms with E-state index < -0.39 is 0 Å². The minimum atomic E-state index is 0.0856. The third-order valence-corrected chi connectivity index (χ3v) is 6.15. The second kappa shape index (κ2) is 7.32. The molecule has 0 bridgehead atoms. The molecule has 0 spiro atoms. The monoisotopic (exact) mass is 384 g/mol. The Balaban J connectivity index is 1.23. The average molecular weight is 384 g/mol. The van der Waals surface area contributed by atoms with E-state index in [0.29, 0.717) is 11.8 Å². The molecule has 1 saturated heterocycles. The maximum atomic E-state index is 12.7. The van der Waals surface area contributed by atoms with Crippen molar-refractivity contribution in [2.75, 3.05) is 18.4 Å². The van der Waals surface area contributed by atoms with Crippen molar-refractivity contribution >= 4 is 23.4 Å².